The van der Waals surface area contributed by atoms with E-state index in [2.05, 4.69) is 9.47 Å². The number of aldehydes is 1. The Morgan fingerprint density at radius 2 is 2.10 bits per heavy atom. The van der Waals surface area contributed by atoms with Crippen LogP contribution >= 0.6 is 0 Å². The molecule has 0 N–H and O–H groups in total. The lowest BCUT2D eigenvalue weighted by molar-refractivity contribution is -0.274. The van der Waals surface area contributed by atoms with E-state index in [-0.39, 0.29) is 24.0 Å². The average molecular weight is 287 g/mol. The fraction of sp³-hybridized carbons (Fsp3) is 0.250. The van der Waals surface area contributed by atoms with E-state index < -0.39 is 23.6 Å². The number of esters is 1. The van der Waals surface area contributed by atoms with Gasteiger partial charge in [-0.15, -0.1) is 13.2 Å². The highest BCUT2D eigenvalue weighted by atomic mass is 19.4. The molecular weight excluding hydrogens is 279 g/mol. The molecule has 1 aromatic carbocycles. The monoisotopic (exact) mass is 287 g/mol. The Morgan fingerprint density at radius 3 is 2.55 bits per heavy atom. The summed E-state index contributed by atoms with van der Waals surface area (Å²) in [6.07, 6.45) is -4.84. The first-order valence-electron chi connectivity index (χ1n) is 5.28. The normalized spacial score (nSPS) is 10.6. The van der Waals surface area contributed by atoms with Crippen molar-refractivity contribution in [2.75, 3.05) is 6.61 Å². The van der Waals surface area contributed by atoms with Gasteiger partial charge in [-0.05, 0) is 19.1 Å². The molecule has 106 valence electrons. The van der Waals surface area contributed by atoms with Gasteiger partial charge in [0.15, 0.2) is 6.29 Å². The highest BCUT2D eigenvalue weighted by molar-refractivity contribution is 5.99. The molecular formula is C12H8F3NO4. The van der Waals surface area contributed by atoms with E-state index in [4.69, 9.17) is 5.26 Å². The number of halogens is 3. The van der Waals surface area contributed by atoms with Crippen LogP contribution in [-0.2, 0) is 4.74 Å². The molecule has 0 aliphatic heterocycles. The van der Waals surface area contributed by atoms with E-state index in [1.807, 2.05) is 0 Å². The fourth-order valence-electron chi connectivity index (χ4n) is 1.38. The third kappa shape index (κ3) is 3.71. The van der Waals surface area contributed by atoms with Gasteiger partial charge < -0.3 is 9.47 Å². The lowest BCUT2D eigenvalue weighted by Gasteiger charge is -2.12. The Balaban J connectivity index is 3.35. The lowest BCUT2D eigenvalue weighted by Crippen LogP contribution is -2.18. The molecule has 0 spiro atoms. The number of nitrogens with zero attached hydrogens (tertiary/aromatic N) is 1. The summed E-state index contributed by atoms with van der Waals surface area (Å²) in [6, 6.07) is 2.95. The molecule has 0 fully saturated rings. The molecule has 0 aromatic heterocycles. The van der Waals surface area contributed by atoms with Crippen LogP contribution in [0, 0.1) is 11.3 Å². The van der Waals surface area contributed by atoms with Gasteiger partial charge in [0.05, 0.1) is 17.7 Å². The number of hydrogen-bond donors (Lipinski definition) is 0. The first kappa shape index (κ1) is 15.5. The highest BCUT2D eigenvalue weighted by Crippen LogP contribution is 2.28. The van der Waals surface area contributed by atoms with Crippen LogP contribution in [0.4, 0.5) is 13.2 Å². The SMILES string of the molecule is CCOC(=O)c1cc(C#N)c(OC(F)(F)F)cc1C=O. The number of hydrogen-bond acceptors (Lipinski definition) is 5. The van der Waals surface area contributed by atoms with Crippen molar-refractivity contribution in [2.24, 2.45) is 0 Å². The average Bonchev–Trinajstić information content (AvgIpc) is 2.36. The van der Waals surface area contributed by atoms with Crippen molar-refractivity contribution in [1.29, 1.82) is 5.26 Å². The second kappa shape index (κ2) is 6.06. The van der Waals surface area contributed by atoms with Crippen molar-refractivity contribution in [3.63, 3.8) is 0 Å². The van der Waals surface area contributed by atoms with Crippen LogP contribution in [0.1, 0.15) is 33.2 Å². The Bertz CT molecular complexity index is 575. The van der Waals surface area contributed by atoms with Gasteiger partial charge >= 0.3 is 12.3 Å². The molecule has 1 aromatic rings. The molecule has 0 saturated carbocycles. The molecule has 5 nitrogen and oxygen atoms in total. The molecule has 0 saturated heterocycles. The first-order valence-corrected chi connectivity index (χ1v) is 5.28. The fourth-order valence-corrected chi connectivity index (χ4v) is 1.38. The van der Waals surface area contributed by atoms with E-state index in [0.717, 1.165) is 6.07 Å². The number of carbonyl (C=O) groups excluding carboxylic acids is 2. The third-order valence-electron chi connectivity index (χ3n) is 2.12. The summed E-state index contributed by atoms with van der Waals surface area (Å²) < 4.78 is 44.8. The van der Waals surface area contributed by atoms with Crippen molar-refractivity contribution in [2.45, 2.75) is 13.3 Å². The molecule has 0 unspecified atom stereocenters. The molecule has 0 radical (unpaired) electrons. The number of carbonyl (C=O) groups is 2. The number of nitriles is 1. The van der Waals surface area contributed by atoms with Gasteiger partial charge in [0, 0.05) is 5.56 Å². The van der Waals surface area contributed by atoms with Gasteiger partial charge in [-0.1, -0.05) is 0 Å². The lowest BCUT2D eigenvalue weighted by atomic mass is 10.0. The number of benzene rings is 1. The van der Waals surface area contributed by atoms with Crippen LogP contribution in [0.2, 0.25) is 0 Å². The molecule has 1 rings (SSSR count). The van der Waals surface area contributed by atoms with Crippen LogP contribution in [0.15, 0.2) is 12.1 Å². The summed E-state index contributed by atoms with van der Waals surface area (Å²) in [4.78, 5) is 22.4. The zero-order valence-electron chi connectivity index (χ0n) is 10.2. The standard InChI is InChI=1S/C12H8F3NO4/c1-2-19-11(18)9-3-7(5-16)10(4-8(9)6-17)20-12(13,14)15/h3-4,6H,2H2,1H3. The number of rotatable bonds is 4. The van der Waals surface area contributed by atoms with Crippen LogP contribution < -0.4 is 4.74 Å². The second-order valence-corrected chi connectivity index (χ2v) is 3.43. The summed E-state index contributed by atoms with van der Waals surface area (Å²) in [6.45, 7) is 1.53. The van der Waals surface area contributed by atoms with Gasteiger partial charge in [0.1, 0.15) is 11.8 Å². The van der Waals surface area contributed by atoms with Crippen molar-refractivity contribution >= 4 is 12.3 Å². The second-order valence-electron chi connectivity index (χ2n) is 3.43. The molecule has 0 aliphatic rings. The van der Waals surface area contributed by atoms with Gasteiger partial charge in [0.25, 0.3) is 0 Å². The molecule has 0 atom stereocenters. The molecule has 0 heterocycles. The number of ether oxygens (including phenoxy) is 2. The summed E-state index contributed by atoms with van der Waals surface area (Å²) >= 11 is 0. The van der Waals surface area contributed by atoms with Gasteiger partial charge in [-0.3, -0.25) is 4.79 Å². The van der Waals surface area contributed by atoms with Crippen molar-refractivity contribution in [3.05, 3.63) is 28.8 Å². The van der Waals surface area contributed by atoms with Gasteiger partial charge in [0.2, 0.25) is 0 Å². The van der Waals surface area contributed by atoms with E-state index >= 15 is 0 Å². The minimum atomic E-state index is -5.02. The highest BCUT2D eigenvalue weighted by Gasteiger charge is 2.33. The Kier molecular flexibility index (Phi) is 4.69. The molecule has 0 bridgehead atoms. The van der Waals surface area contributed by atoms with E-state index in [9.17, 15) is 22.8 Å². The van der Waals surface area contributed by atoms with Crippen LogP contribution in [0.5, 0.6) is 5.75 Å². The molecule has 0 aliphatic carbocycles. The molecule has 20 heavy (non-hydrogen) atoms. The minimum Gasteiger partial charge on any atom is -0.462 e. The topological polar surface area (TPSA) is 76.4 Å². The molecule has 8 heteroatoms. The summed E-state index contributed by atoms with van der Waals surface area (Å²) in [7, 11) is 0. The predicted molar refractivity (Wildman–Crippen MR) is 59.2 cm³/mol. The van der Waals surface area contributed by atoms with Crippen LogP contribution in [-0.4, -0.2) is 25.2 Å². The van der Waals surface area contributed by atoms with Gasteiger partial charge in [-0.2, -0.15) is 5.26 Å². The zero-order chi connectivity index (χ0) is 15.3. The largest absolute Gasteiger partial charge is 0.573 e. The van der Waals surface area contributed by atoms with E-state index in [1.165, 1.54) is 13.0 Å². The summed E-state index contributed by atoms with van der Waals surface area (Å²) in [5.74, 6) is -1.76. The quantitative estimate of drug-likeness (QED) is 0.628. The maximum Gasteiger partial charge on any atom is 0.573 e. The van der Waals surface area contributed by atoms with E-state index in [0.29, 0.717) is 6.07 Å². The summed E-state index contributed by atoms with van der Waals surface area (Å²) in [5, 5.41) is 8.78. The number of alkyl halides is 3. The van der Waals surface area contributed by atoms with Crippen LogP contribution in [0.25, 0.3) is 0 Å². The smallest absolute Gasteiger partial charge is 0.462 e. The van der Waals surface area contributed by atoms with Crippen LogP contribution in [0.3, 0.4) is 0 Å². The predicted octanol–water partition coefficient (Wildman–Crippen LogP) is 2.45. The maximum atomic E-state index is 12.2. The molecule has 0 amide bonds. The van der Waals surface area contributed by atoms with Crippen molar-refractivity contribution in [1.82, 2.24) is 0 Å². The maximum absolute atomic E-state index is 12.2. The third-order valence-corrected chi connectivity index (χ3v) is 2.12. The van der Waals surface area contributed by atoms with Crippen molar-refractivity contribution < 1.29 is 32.2 Å². The van der Waals surface area contributed by atoms with Gasteiger partial charge in [-0.25, -0.2) is 4.79 Å². The Morgan fingerprint density at radius 1 is 1.45 bits per heavy atom. The van der Waals surface area contributed by atoms with E-state index in [1.54, 1.807) is 0 Å². The Labute approximate surface area is 111 Å². The zero-order valence-corrected chi connectivity index (χ0v) is 10.2. The summed E-state index contributed by atoms with van der Waals surface area (Å²) in [5.41, 5.74) is -1.19. The van der Waals surface area contributed by atoms with Crippen molar-refractivity contribution in [3.8, 4) is 11.8 Å². The Hall–Kier alpha value is -2.56. The first-order chi connectivity index (χ1) is 9.32. The minimum absolute atomic E-state index is 0.0137.